The molecular formula is C12H28N2O2. The van der Waals surface area contributed by atoms with Crippen LogP contribution in [0, 0.1) is 0 Å². The molecular weight excluding hydrogens is 204 g/mol. The van der Waals surface area contributed by atoms with Crippen LogP contribution in [0.4, 0.5) is 0 Å². The van der Waals surface area contributed by atoms with Gasteiger partial charge in [0.05, 0.1) is 13.2 Å². The molecule has 0 saturated heterocycles. The van der Waals surface area contributed by atoms with Crippen LogP contribution >= 0.6 is 0 Å². The van der Waals surface area contributed by atoms with E-state index in [2.05, 4.69) is 25.7 Å². The fourth-order valence-electron chi connectivity index (χ4n) is 2.01. The average molecular weight is 232 g/mol. The van der Waals surface area contributed by atoms with Crippen molar-refractivity contribution in [3.63, 3.8) is 0 Å². The van der Waals surface area contributed by atoms with E-state index in [1.807, 2.05) is 0 Å². The van der Waals surface area contributed by atoms with Gasteiger partial charge in [0.25, 0.3) is 0 Å². The van der Waals surface area contributed by atoms with E-state index >= 15 is 0 Å². The predicted octanol–water partition coefficient (Wildman–Crippen LogP) is 1.10. The highest BCUT2D eigenvalue weighted by molar-refractivity contribution is 4.89. The molecule has 0 rings (SSSR count). The van der Waals surface area contributed by atoms with E-state index in [-0.39, 0.29) is 5.54 Å². The van der Waals surface area contributed by atoms with Crippen LogP contribution in [0.2, 0.25) is 0 Å². The number of rotatable bonds is 9. The minimum atomic E-state index is 0.0243. The molecule has 4 nitrogen and oxygen atoms in total. The molecule has 0 spiro atoms. The van der Waals surface area contributed by atoms with Crippen molar-refractivity contribution in [2.24, 2.45) is 5.73 Å². The monoisotopic (exact) mass is 232 g/mol. The Hall–Kier alpha value is -0.160. The van der Waals surface area contributed by atoms with Crippen LogP contribution in [0.15, 0.2) is 0 Å². The largest absolute Gasteiger partial charge is 0.383 e. The van der Waals surface area contributed by atoms with Gasteiger partial charge in [-0.3, -0.25) is 4.90 Å². The van der Waals surface area contributed by atoms with E-state index in [4.69, 9.17) is 15.2 Å². The zero-order valence-electron chi connectivity index (χ0n) is 11.5. The van der Waals surface area contributed by atoms with Crippen LogP contribution in [0.1, 0.15) is 27.2 Å². The van der Waals surface area contributed by atoms with E-state index in [1.54, 1.807) is 14.2 Å². The molecule has 0 fully saturated rings. The maximum absolute atomic E-state index is 5.90. The molecule has 4 heteroatoms. The molecule has 2 N–H and O–H groups in total. The molecule has 0 heterocycles. The van der Waals surface area contributed by atoms with Crippen LogP contribution < -0.4 is 5.73 Å². The summed E-state index contributed by atoms with van der Waals surface area (Å²) >= 11 is 0. The van der Waals surface area contributed by atoms with Gasteiger partial charge in [-0.1, -0.05) is 6.92 Å². The second-order valence-corrected chi connectivity index (χ2v) is 4.55. The average Bonchev–Trinajstić information content (AvgIpc) is 2.29. The second kappa shape index (κ2) is 8.01. The Labute approximate surface area is 100 Å². The number of nitrogens with two attached hydrogens (primary N) is 1. The molecule has 0 aromatic carbocycles. The van der Waals surface area contributed by atoms with Crippen LogP contribution in [0.25, 0.3) is 0 Å². The van der Waals surface area contributed by atoms with Crippen molar-refractivity contribution in [2.45, 2.75) is 38.8 Å². The van der Waals surface area contributed by atoms with Gasteiger partial charge in [-0.05, 0) is 20.3 Å². The zero-order valence-corrected chi connectivity index (χ0v) is 11.5. The molecule has 0 saturated carbocycles. The minimum absolute atomic E-state index is 0.0243. The Morgan fingerprint density at radius 2 is 1.94 bits per heavy atom. The molecule has 0 amide bonds. The smallest absolute Gasteiger partial charge is 0.0615 e. The molecule has 16 heavy (non-hydrogen) atoms. The topological polar surface area (TPSA) is 47.7 Å². The van der Waals surface area contributed by atoms with Crippen LogP contribution in [0.3, 0.4) is 0 Å². The normalized spacial score (nSPS) is 17.4. The summed E-state index contributed by atoms with van der Waals surface area (Å²) in [4.78, 5) is 2.39. The molecule has 0 aromatic heterocycles. The minimum Gasteiger partial charge on any atom is -0.383 e. The van der Waals surface area contributed by atoms with Gasteiger partial charge in [-0.15, -0.1) is 0 Å². The lowest BCUT2D eigenvalue weighted by Gasteiger charge is -2.43. The van der Waals surface area contributed by atoms with E-state index in [0.717, 1.165) is 26.2 Å². The first kappa shape index (κ1) is 15.8. The van der Waals surface area contributed by atoms with Crippen molar-refractivity contribution < 1.29 is 9.47 Å². The molecule has 0 radical (unpaired) electrons. The van der Waals surface area contributed by atoms with Crippen molar-refractivity contribution in [1.82, 2.24) is 4.90 Å². The summed E-state index contributed by atoms with van der Waals surface area (Å²) in [5.74, 6) is 0. The Balaban J connectivity index is 4.62. The summed E-state index contributed by atoms with van der Waals surface area (Å²) in [6, 6.07) is 0.355. The fourth-order valence-corrected chi connectivity index (χ4v) is 2.01. The van der Waals surface area contributed by atoms with E-state index in [9.17, 15) is 0 Å². The second-order valence-electron chi connectivity index (χ2n) is 4.55. The van der Waals surface area contributed by atoms with E-state index in [0.29, 0.717) is 12.6 Å². The highest BCUT2D eigenvalue weighted by Gasteiger charge is 2.31. The first-order valence-corrected chi connectivity index (χ1v) is 6.00. The van der Waals surface area contributed by atoms with Crippen LogP contribution in [0.5, 0.6) is 0 Å². The molecule has 0 aliphatic rings. The van der Waals surface area contributed by atoms with Crippen molar-refractivity contribution >= 4 is 0 Å². The fraction of sp³-hybridized carbons (Fsp3) is 1.00. The number of ether oxygens (including phenoxy) is 2. The Kier molecular flexibility index (Phi) is 7.93. The highest BCUT2D eigenvalue weighted by Crippen LogP contribution is 2.20. The first-order chi connectivity index (χ1) is 7.55. The lowest BCUT2D eigenvalue weighted by atomic mass is 9.94. The maximum Gasteiger partial charge on any atom is 0.0615 e. The number of hydrogen-bond acceptors (Lipinski definition) is 4. The van der Waals surface area contributed by atoms with E-state index in [1.165, 1.54) is 0 Å². The zero-order chi connectivity index (χ0) is 12.6. The molecule has 0 bridgehead atoms. The van der Waals surface area contributed by atoms with Gasteiger partial charge >= 0.3 is 0 Å². The molecule has 0 aliphatic carbocycles. The summed E-state index contributed by atoms with van der Waals surface area (Å²) < 4.78 is 10.4. The summed E-state index contributed by atoms with van der Waals surface area (Å²) in [6.45, 7) is 9.54. The third-order valence-electron chi connectivity index (χ3n) is 3.37. The summed E-state index contributed by atoms with van der Waals surface area (Å²) in [6.07, 6.45) is 1.03. The van der Waals surface area contributed by atoms with Crippen molar-refractivity contribution in [3.05, 3.63) is 0 Å². The number of nitrogens with zero attached hydrogens (tertiary/aromatic N) is 1. The van der Waals surface area contributed by atoms with Crippen molar-refractivity contribution in [1.29, 1.82) is 0 Å². The molecule has 2 atom stereocenters. The predicted molar refractivity (Wildman–Crippen MR) is 67.7 cm³/mol. The van der Waals surface area contributed by atoms with Crippen LogP contribution in [-0.2, 0) is 9.47 Å². The van der Waals surface area contributed by atoms with Gasteiger partial charge in [-0.25, -0.2) is 0 Å². The van der Waals surface area contributed by atoms with Gasteiger partial charge in [0.15, 0.2) is 0 Å². The lowest BCUT2D eigenvalue weighted by molar-refractivity contribution is 0.00583. The van der Waals surface area contributed by atoms with E-state index < -0.39 is 0 Å². The first-order valence-electron chi connectivity index (χ1n) is 6.00. The molecule has 0 aromatic rings. The highest BCUT2D eigenvalue weighted by atomic mass is 16.5. The number of hydrogen-bond donors (Lipinski definition) is 1. The van der Waals surface area contributed by atoms with Crippen LogP contribution in [-0.4, -0.2) is 57.0 Å². The van der Waals surface area contributed by atoms with Crippen molar-refractivity contribution in [3.8, 4) is 0 Å². The van der Waals surface area contributed by atoms with Gasteiger partial charge in [0.2, 0.25) is 0 Å². The maximum atomic E-state index is 5.90. The third kappa shape index (κ3) is 4.37. The SMILES string of the molecule is CCC(C)(CN)N(CCOC)C(C)COC. The van der Waals surface area contributed by atoms with Gasteiger partial charge in [0, 0.05) is 38.9 Å². The number of methoxy groups -OCH3 is 2. The molecule has 98 valence electrons. The third-order valence-corrected chi connectivity index (χ3v) is 3.37. The lowest BCUT2D eigenvalue weighted by Crippen LogP contribution is -2.57. The van der Waals surface area contributed by atoms with Gasteiger partial charge in [-0.2, -0.15) is 0 Å². The standard InChI is InChI=1S/C12H28N2O2/c1-6-12(3,10-13)14(7-8-15-4)11(2)9-16-5/h11H,6-10,13H2,1-5H3. The summed E-state index contributed by atoms with van der Waals surface area (Å²) in [5.41, 5.74) is 5.93. The Morgan fingerprint density at radius 3 is 2.31 bits per heavy atom. The Morgan fingerprint density at radius 1 is 1.31 bits per heavy atom. The molecule has 0 aliphatic heterocycles. The van der Waals surface area contributed by atoms with Crippen molar-refractivity contribution in [2.75, 3.05) is 40.5 Å². The Bertz CT molecular complexity index is 172. The van der Waals surface area contributed by atoms with Gasteiger partial charge in [0.1, 0.15) is 0 Å². The van der Waals surface area contributed by atoms with Gasteiger partial charge < -0.3 is 15.2 Å². The molecule has 2 unspecified atom stereocenters. The summed E-state index contributed by atoms with van der Waals surface area (Å²) in [7, 11) is 3.46. The summed E-state index contributed by atoms with van der Waals surface area (Å²) in [5, 5.41) is 0. The quantitative estimate of drug-likeness (QED) is 0.646.